The van der Waals surface area contributed by atoms with Crippen LogP contribution in [-0.2, 0) is 10.9 Å². The highest BCUT2D eigenvalue weighted by Crippen LogP contribution is 2.31. The minimum atomic E-state index is -4.42. The minimum absolute atomic E-state index is 0.103. The number of para-hydroxylation sites is 1. The molecule has 0 saturated carbocycles. The van der Waals surface area contributed by atoms with Crippen LogP contribution in [0.3, 0.4) is 0 Å². The predicted molar refractivity (Wildman–Crippen MR) is 112 cm³/mol. The molecule has 3 aromatic rings. The van der Waals surface area contributed by atoms with Crippen molar-refractivity contribution in [3.05, 3.63) is 83.4 Å². The van der Waals surface area contributed by atoms with Gasteiger partial charge in [-0.05, 0) is 35.9 Å². The van der Waals surface area contributed by atoms with Gasteiger partial charge < -0.3 is 10.1 Å². The Morgan fingerprint density at radius 3 is 2.42 bits per heavy atom. The second kappa shape index (κ2) is 9.72. The first-order valence-corrected chi connectivity index (χ1v) is 10.4. The first-order valence-electron chi connectivity index (χ1n) is 10.4. The molecule has 10 heteroatoms. The first kappa shape index (κ1) is 22.9. The number of morpholine rings is 1. The summed E-state index contributed by atoms with van der Waals surface area (Å²) in [6.45, 7) is 2.33. The predicted octanol–water partition coefficient (Wildman–Crippen LogP) is 3.83. The first-order chi connectivity index (χ1) is 15.8. The van der Waals surface area contributed by atoms with Gasteiger partial charge in [-0.25, -0.2) is 9.07 Å². The van der Waals surface area contributed by atoms with Gasteiger partial charge in [0.15, 0.2) is 5.69 Å². The van der Waals surface area contributed by atoms with Crippen molar-refractivity contribution in [2.45, 2.75) is 12.2 Å². The van der Waals surface area contributed by atoms with E-state index < -0.39 is 23.5 Å². The number of ether oxygens (including phenoxy) is 1. The third-order valence-corrected chi connectivity index (χ3v) is 5.49. The number of halogens is 4. The van der Waals surface area contributed by atoms with Crippen LogP contribution in [0.15, 0.2) is 60.8 Å². The Balaban J connectivity index is 1.49. The van der Waals surface area contributed by atoms with Gasteiger partial charge in [-0.15, -0.1) is 0 Å². The Kier molecular flexibility index (Phi) is 6.75. The lowest BCUT2D eigenvalue weighted by Crippen LogP contribution is -2.43. The molecule has 33 heavy (non-hydrogen) atoms. The van der Waals surface area contributed by atoms with Crippen molar-refractivity contribution < 1.29 is 27.1 Å². The summed E-state index contributed by atoms with van der Waals surface area (Å²) in [4.78, 5) is 14.8. The van der Waals surface area contributed by atoms with Crippen molar-refractivity contribution in [1.29, 1.82) is 0 Å². The molecule has 2 aromatic carbocycles. The number of nitrogens with one attached hydrogen (secondary N) is 1. The SMILES string of the molecule is O=C(NCC(c1ccc(C(F)(F)F)cc1)N1CCOCC1)c1ccn(-c2ccccc2F)n1. The molecule has 6 nitrogen and oxygen atoms in total. The lowest BCUT2D eigenvalue weighted by molar-refractivity contribution is -0.137. The number of carbonyl (C=O) groups excluding carboxylic acids is 1. The number of hydrogen-bond acceptors (Lipinski definition) is 4. The van der Waals surface area contributed by atoms with Crippen molar-refractivity contribution >= 4 is 5.91 Å². The lowest BCUT2D eigenvalue weighted by Gasteiger charge is -2.35. The van der Waals surface area contributed by atoms with Gasteiger partial charge in [0, 0.05) is 25.8 Å². The van der Waals surface area contributed by atoms with Gasteiger partial charge in [0.1, 0.15) is 11.5 Å². The zero-order valence-electron chi connectivity index (χ0n) is 17.6. The van der Waals surface area contributed by atoms with Crippen molar-refractivity contribution in [3.8, 4) is 5.69 Å². The average molecular weight is 462 g/mol. The molecule has 0 radical (unpaired) electrons. The van der Waals surface area contributed by atoms with Crippen LogP contribution in [0.1, 0.15) is 27.7 Å². The standard InChI is InChI=1S/C23H22F4N4O2/c24-18-3-1-2-4-20(18)31-10-9-19(29-31)22(32)28-15-21(30-11-13-33-14-12-30)16-5-7-17(8-6-16)23(25,26)27/h1-10,21H,11-15H2,(H,28,32). The number of amides is 1. The molecule has 174 valence electrons. The smallest absolute Gasteiger partial charge is 0.379 e. The zero-order valence-corrected chi connectivity index (χ0v) is 17.6. The van der Waals surface area contributed by atoms with Gasteiger partial charge in [-0.1, -0.05) is 24.3 Å². The Labute approximate surface area is 187 Å². The van der Waals surface area contributed by atoms with E-state index >= 15 is 0 Å². The summed E-state index contributed by atoms with van der Waals surface area (Å²) >= 11 is 0. The van der Waals surface area contributed by atoms with E-state index in [0.29, 0.717) is 31.9 Å². The maximum absolute atomic E-state index is 14.0. The van der Waals surface area contributed by atoms with Crippen LogP contribution in [-0.4, -0.2) is 53.4 Å². The second-order valence-electron chi connectivity index (χ2n) is 7.59. The van der Waals surface area contributed by atoms with Crippen LogP contribution in [0.5, 0.6) is 0 Å². The molecule has 1 atom stereocenters. The van der Waals surface area contributed by atoms with Gasteiger partial charge in [0.25, 0.3) is 5.91 Å². The van der Waals surface area contributed by atoms with Crippen molar-refractivity contribution in [2.24, 2.45) is 0 Å². The van der Waals surface area contributed by atoms with E-state index in [9.17, 15) is 22.4 Å². The highest BCUT2D eigenvalue weighted by Gasteiger charge is 2.31. The van der Waals surface area contributed by atoms with Gasteiger partial charge in [0.05, 0.1) is 24.8 Å². The fourth-order valence-corrected chi connectivity index (χ4v) is 3.74. The lowest BCUT2D eigenvalue weighted by atomic mass is 10.0. The molecule has 1 aromatic heterocycles. The Hall–Kier alpha value is -3.24. The Bertz CT molecular complexity index is 1090. The number of hydrogen-bond donors (Lipinski definition) is 1. The van der Waals surface area contributed by atoms with Gasteiger partial charge in [-0.2, -0.15) is 18.3 Å². The summed E-state index contributed by atoms with van der Waals surface area (Å²) in [7, 11) is 0. The molecule has 1 unspecified atom stereocenters. The monoisotopic (exact) mass is 462 g/mol. The molecule has 1 aliphatic heterocycles. The normalized spacial score (nSPS) is 15.9. The minimum Gasteiger partial charge on any atom is -0.379 e. The number of carbonyl (C=O) groups is 1. The Morgan fingerprint density at radius 1 is 1.06 bits per heavy atom. The largest absolute Gasteiger partial charge is 0.416 e. The molecule has 2 heterocycles. The van der Waals surface area contributed by atoms with Crippen LogP contribution < -0.4 is 5.32 Å². The van der Waals surface area contributed by atoms with E-state index in [1.807, 2.05) is 0 Å². The molecular weight excluding hydrogens is 440 g/mol. The molecule has 1 amide bonds. The maximum Gasteiger partial charge on any atom is 0.416 e. The quantitative estimate of drug-likeness (QED) is 0.566. The topological polar surface area (TPSA) is 59.4 Å². The summed E-state index contributed by atoms with van der Waals surface area (Å²) in [6.07, 6.45) is -2.93. The molecule has 1 aliphatic rings. The molecule has 1 fully saturated rings. The third kappa shape index (κ3) is 5.40. The van der Waals surface area contributed by atoms with E-state index in [2.05, 4.69) is 15.3 Å². The van der Waals surface area contributed by atoms with Crippen LogP contribution in [0.4, 0.5) is 17.6 Å². The average Bonchev–Trinajstić information content (AvgIpc) is 3.30. The molecule has 1 saturated heterocycles. The molecular formula is C23H22F4N4O2. The summed E-state index contributed by atoms with van der Waals surface area (Å²) < 4.78 is 59.5. The number of rotatable bonds is 6. The van der Waals surface area contributed by atoms with Crippen LogP contribution in [0, 0.1) is 5.82 Å². The van der Waals surface area contributed by atoms with E-state index in [1.165, 1.54) is 35.1 Å². The maximum atomic E-state index is 14.0. The molecule has 4 rings (SSSR count). The van der Waals surface area contributed by atoms with Crippen molar-refractivity contribution in [2.75, 3.05) is 32.8 Å². The number of aromatic nitrogens is 2. The summed E-state index contributed by atoms with van der Waals surface area (Å²) in [5, 5.41) is 6.95. The molecule has 0 bridgehead atoms. The van der Waals surface area contributed by atoms with Crippen molar-refractivity contribution in [1.82, 2.24) is 20.0 Å². The highest BCUT2D eigenvalue weighted by atomic mass is 19.4. The van der Waals surface area contributed by atoms with Gasteiger partial charge in [-0.3, -0.25) is 9.69 Å². The van der Waals surface area contributed by atoms with E-state index in [4.69, 9.17) is 4.74 Å². The number of alkyl halides is 3. The van der Waals surface area contributed by atoms with E-state index in [1.54, 1.807) is 18.2 Å². The number of nitrogens with zero attached hydrogens (tertiary/aromatic N) is 3. The van der Waals surface area contributed by atoms with Gasteiger partial charge >= 0.3 is 6.18 Å². The van der Waals surface area contributed by atoms with Crippen LogP contribution in [0.25, 0.3) is 5.69 Å². The second-order valence-corrected chi connectivity index (χ2v) is 7.59. The fraction of sp³-hybridized carbons (Fsp3) is 0.304. The van der Waals surface area contributed by atoms with Crippen LogP contribution >= 0.6 is 0 Å². The highest BCUT2D eigenvalue weighted by molar-refractivity contribution is 5.92. The zero-order chi connectivity index (χ0) is 23.4. The summed E-state index contributed by atoms with van der Waals surface area (Å²) in [5.74, 6) is -0.933. The molecule has 1 N–H and O–H groups in total. The molecule has 0 spiro atoms. The third-order valence-electron chi connectivity index (χ3n) is 5.49. The number of benzene rings is 2. The van der Waals surface area contributed by atoms with Crippen LogP contribution in [0.2, 0.25) is 0 Å². The van der Waals surface area contributed by atoms with Crippen molar-refractivity contribution in [3.63, 3.8) is 0 Å². The van der Waals surface area contributed by atoms with Gasteiger partial charge in [0.2, 0.25) is 0 Å². The fourth-order valence-electron chi connectivity index (χ4n) is 3.74. The Morgan fingerprint density at radius 2 is 1.76 bits per heavy atom. The van der Waals surface area contributed by atoms with E-state index in [0.717, 1.165) is 12.1 Å². The molecule has 0 aliphatic carbocycles. The summed E-state index contributed by atoms with van der Waals surface area (Å²) in [6, 6.07) is 12.2. The van der Waals surface area contributed by atoms with E-state index in [-0.39, 0.29) is 24.0 Å². The summed E-state index contributed by atoms with van der Waals surface area (Å²) in [5.41, 5.74) is 0.246.